The Kier molecular flexibility index (Phi) is 6.22. The highest BCUT2D eigenvalue weighted by Gasteiger charge is 2.38. The Morgan fingerprint density at radius 3 is 1.70 bits per heavy atom. The van der Waals surface area contributed by atoms with Crippen molar-refractivity contribution in [3.05, 3.63) is 60.2 Å². The summed E-state index contributed by atoms with van der Waals surface area (Å²) in [5.74, 6) is 6.70. The summed E-state index contributed by atoms with van der Waals surface area (Å²) < 4.78 is 0. The summed E-state index contributed by atoms with van der Waals surface area (Å²) >= 11 is 0. The molecule has 0 saturated heterocycles. The standard InChI is InChI=1S/C30H42/c1-21-12-27-10-8-24(19-29(27)14-21)17-26(16-23-6-4-3-5-7-23)18-25-9-11-28-13-22(2)15-30(28)20-25/h3-7,24-30H,1-2,8-20H2/t24?,25?,26?,27?,28?,29-,30-/m1/s1. The quantitative estimate of drug-likeness (QED) is 0.419. The number of allylic oxidation sites excluding steroid dienone is 2. The molecule has 4 saturated carbocycles. The molecule has 1 aromatic rings. The molecule has 0 aliphatic heterocycles. The summed E-state index contributed by atoms with van der Waals surface area (Å²) in [5, 5.41) is 0. The highest BCUT2D eigenvalue weighted by molar-refractivity contribution is 5.15. The second kappa shape index (κ2) is 9.05. The largest absolute Gasteiger partial charge is 0.0998 e. The fourth-order valence-corrected chi connectivity index (χ4v) is 8.12. The van der Waals surface area contributed by atoms with Gasteiger partial charge in [0.05, 0.1) is 0 Å². The molecular formula is C30H42. The van der Waals surface area contributed by atoms with Crippen LogP contribution in [0.1, 0.15) is 82.6 Å². The Balaban J connectivity index is 1.23. The van der Waals surface area contributed by atoms with E-state index in [2.05, 4.69) is 43.5 Å². The molecule has 4 aliphatic rings. The van der Waals surface area contributed by atoms with Crippen LogP contribution in [0, 0.1) is 41.4 Å². The Labute approximate surface area is 185 Å². The van der Waals surface area contributed by atoms with Crippen LogP contribution < -0.4 is 0 Å². The van der Waals surface area contributed by atoms with Gasteiger partial charge in [-0.2, -0.15) is 0 Å². The third-order valence-electron chi connectivity index (χ3n) is 9.40. The van der Waals surface area contributed by atoms with Crippen LogP contribution >= 0.6 is 0 Å². The van der Waals surface area contributed by atoms with Gasteiger partial charge in [0.25, 0.3) is 0 Å². The number of hydrogen-bond acceptors (Lipinski definition) is 0. The van der Waals surface area contributed by atoms with Gasteiger partial charge in [-0.3, -0.25) is 0 Å². The summed E-state index contributed by atoms with van der Waals surface area (Å²) in [7, 11) is 0. The monoisotopic (exact) mass is 402 g/mol. The predicted octanol–water partition coefficient (Wildman–Crippen LogP) is 8.39. The van der Waals surface area contributed by atoms with Crippen LogP contribution in [-0.2, 0) is 6.42 Å². The lowest BCUT2D eigenvalue weighted by atomic mass is 9.69. The Bertz CT molecular complexity index is 699. The van der Waals surface area contributed by atoms with E-state index < -0.39 is 0 Å². The molecule has 0 radical (unpaired) electrons. The Morgan fingerprint density at radius 2 is 1.17 bits per heavy atom. The van der Waals surface area contributed by atoms with E-state index in [9.17, 15) is 0 Å². The molecule has 30 heavy (non-hydrogen) atoms. The fourth-order valence-electron chi connectivity index (χ4n) is 8.12. The van der Waals surface area contributed by atoms with Crippen molar-refractivity contribution in [1.82, 2.24) is 0 Å². The zero-order valence-electron chi connectivity index (χ0n) is 19.0. The Hall–Kier alpha value is -1.30. The minimum absolute atomic E-state index is 0.879. The third kappa shape index (κ3) is 4.79. The average molecular weight is 403 g/mol. The van der Waals surface area contributed by atoms with Crippen molar-refractivity contribution in [3.63, 3.8) is 0 Å². The highest BCUT2D eigenvalue weighted by atomic mass is 14.4. The van der Waals surface area contributed by atoms with Crippen LogP contribution in [0.25, 0.3) is 0 Å². The second-order valence-electron chi connectivity index (χ2n) is 11.7. The predicted molar refractivity (Wildman–Crippen MR) is 128 cm³/mol. The van der Waals surface area contributed by atoms with Crippen LogP contribution in [0.4, 0.5) is 0 Å². The normalized spacial score (nSPS) is 37.1. The topological polar surface area (TPSA) is 0 Å². The van der Waals surface area contributed by atoms with E-state index in [0.717, 1.165) is 41.4 Å². The van der Waals surface area contributed by atoms with E-state index in [1.165, 1.54) is 83.5 Å². The molecule has 6 atom stereocenters. The summed E-state index contributed by atoms with van der Waals surface area (Å²) in [6, 6.07) is 11.4. The summed E-state index contributed by atoms with van der Waals surface area (Å²) in [6.07, 6.45) is 18.5. The van der Waals surface area contributed by atoms with Gasteiger partial charge >= 0.3 is 0 Å². The van der Waals surface area contributed by atoms with Crippen molar-refractivity contribution in [1.29, 1.82) is 0 Å². The van der Waals surface area contributed by atoms with Gasteiger partial charge in [0, 0.05) is 0 Å². The first-order valence-electron chi connectivity index (χ1n) is 13.0. The van der Waals surface area contributed by atoms with Crippen molar-refractivity contribution >= 4 is 0 Å². The minimum atomic E-state index is 0.879. The Morgan fingerprint density at radius 1 is 0.667 bits per heavy atom. The molecular weight excluding hydrogens is 360 g/mol. The van der Waals surface area contributed by atoms with Crippen molar-refractivity contribution in [2.45, 2.75) is 83.5 Å². The first-order valence-corrected chi connectivity index (χ1v) is 13.0. The van der Waals surface area contributed by atoms with Crippen LogP contribution in [0.5, 0.6) is 0 Å². The van der Waals surface area contributed by atoms with Crippen molar-refractivity contribution in [2.75, 3.05) is 0 Å². The maximum absolute atomic E-state index is 4.32. The number of hydrogen-bond donors (Lipinski definition) is 0. The highest BCUT2D eigenvalue weighted by Crippen LogP contribution is 2.50. The zero-order valence-corrected chi connectivity index (χ0v) is 19.0. The minimum Gasteiger partial charge on any atom is -0.0998 e. The molecule has 5 rings (SSSR count). The zero-order chi connectivity index (χ0) is 20.5. The summed E-state index contributed by atoms with van der Waals surface area (Å²) in [4.78, 5) is 0. The lowest BCUT2D eigenvalue weighted by Gasteiger charge is -2.37. The molecule has 0 nitrogen and oxygen atoms in total. The summed E-state index contributed by atoms with van der Waals surface area (Å²) in [6.45, 7) is 8.65. The van der Waals surface area contributed by atoms with E-state index in [0.29, 0.717) is 0 Å². The van der Waals surface area contributed by atoms with E-state index in [1.54, 1.807) is 16.7 Å². The molecule has 0 spiro atoms. The molecule has 1 aromatic carbocycles. The van der Waals surface area contributed by atoms with E-state index in [1.807, 2.05) is 0 Å². The van der Waals surface area contributed by atoms with Crippen LogP contribution in [0.3, 0.4) is 0 Å². The maximum Gasteiger partial charge on any atom is -0.0250 e. The molecule has 0 heteroatoms. The van der Waals surface area contributed by atoms with Gasteiger partial charge in [0.1, 0.15) is 0 Å². The van der Waals surface area contributed by atoms with Crippen molar-refractivity contribution in [2.24, 2.45) is 41.4 Å². The van der Waals surface area contributed by atoms with Crippen molar-refractivity contribution < 1.29 is 0 Å². The molecule has 0 heterocycles. The lowest BCUT2D eigenvalue weighted by Crippen LogP contribution is -2.26. The SMILES string of the molecule is C=C1CC2CCC(CC(Cc3ccccc3)CC3CCC4CC(=C)C[C@@H]4C3)C[C@H]2C1. The van der Waals surface area contributed by atoms with E-state index in [-0.39, 0.29) is 0 Å². The third-order valence-corrected chi connectivity index (χ3v) is 9.40. The van der Waals surface area contributed by atoms with Gasteiger partial charge < -0.3 is 0 Å². The maximum atomic E-state index is 4.32. The van der Waals surface area contributed by atoms with Gasteiger partial charge in [0.15, 0.2) is 0 Å². The molecule has 0 N–H and O–H groups in total. The lowest BCUT2D eigenvalue weighted by molar-refractivity contribution is 0.148. The molecule has 0 aromatic heterocycles. The number of benzene rings is 1. The van der Waals surface area contributed by atoms with Gasteiger partial charge in [-0.1, -0.05) is 67.5 Å². The first-order chi connectivity index (χ1) is 14.6. The fraction of sp³-hybridized carbons (Fsp3) is 0.667. The van der Waals surface area contributed by atoms with Crippen molar-refractivity contribution in [3.8, 4) is 0 Å². The number of fused-ring (bicyclic) bond motifs is 2. The second-order valence-corrected chi connectivity index (χ2v) is 11.7. The van der Waals surface area contributed by atoms with Crippen LogP contribution in [0.2, 0.25) is 0 Å². The van der Waals surface area contributed by atoms with Gasteiger partial charge in [0.2, 0.25) is 0 Å². The number of rotatable bonds is 6. The van der Waals surface area contributed by atoms with Gasteiger partial charge in [-0.05, 0) is 118 Å². The molecule has 0 bridgehead atoms. The summed E-state index contributed by atoms with van der Waals surface area (Å²) in [5.41, 5.74) is 4.65. The smallest absolute Gasteiger partial charge is 0.0250 e. The molecule has 4 aliphatic carbocycles. The van der Waals surface area contributed by atoms with Gasteiger partial charge in [-0.25, -0.2) is 0 Å². The van der Waals surface area contributed by atoms with Crippen LogP contribution in [0.15, 0.2) is 54.6 Å². The first kappa shape index (κ1) is 20.6. The van der Waals surface area contributed by atoms with E-state index in [4.69, 9.17) is 0 Å². The molecule has 162 valence electrons. The molecule has 4 unspecified atom stereocenters. The van der Waals surface area contributed by atoms with E-state index >= 15 is 0 Å². The molecule has 4 fully saturated rings. The molecule has 0 amide bonds. The van der Waals surface area contributed by atoms with Crippen LogP contribution in [-0.4, -0.2) is 0 Å². The average Bonchev–Trinajstić information content (AvgIpc) is 3.28. The van der Waals surface area contributed by atoms with Gasteiger partial charge in [-0.15, -0.1) is 0 Å².